The van der Waals surface area contributed by atoms with E-state index in [4.69, 9.17) is 0 Å². The Morgan fingerprint density at radius 3 is 0.711 bits per heavy atom. The lowest BCUT2D eigenvalue weighted by atomic mass is 9.82. The summed E-state index contributed by atoms with van der Waals surface area (Å²) in [4.78, 5) is 7.68. The first-order valence-electron chi connectivity index (χ1n) is 53.2. The molecule has 0 spiro atoms. The van der Waals surface area contributed by atoms with Gasteiger partial charge in [-0.3, -0.25) is 0 Å². The van der Waals surface area contributed by atoms with E-state index in [0.29, 0.717) is 0 Å². The van der Waals surface area contributed by atoms with Crippen molar-refractivity contribution >= 4 is 51.2 Å². The van der Waals surface area contributed by atoms with Crippen molar-refractivity contribution in [1.29, 1.82) is 0 Å². The summed E-state index contributed by atoms with van der Waals surface area (Å²) in [5.74, 6) is 0. The van der Waals surface area contributed by atoms with Gasteiger partial charge in [-0.2, -0.15) is 0 Å². The average molecular weight is 1790 g/mol. The maximum absolute atomic E-state index is 2.56. The Hall–Kier alpha value is -12.3. The van der Waals surface area contributed by atoms with Crippen LogP contribution in [0.3, 0.4) is 0 Å². The van der Waals surface area contributed by atoms with Gasteiger partial charge in [0.1, 0.15) is 0 Å². The van der Waals surface area contributed by atoms with E-state index in [2.05, 4.69) is 288 Å². The SMILES string of the molecule is CC.CC.CC.CC.CC.CC.CC.CC.CC.CC.CC.CC.CC.CC.CC.c1ccc2c(c1)Cc1c-2ccc2c1-c1cc3c4c(c1C2)Cc1ccccc1N4c1ccccc1C3.c1ccc2c(c1)Cc1cc3c(cc1-2)Cc1c-3cc2c3c1Cc1ccccc1N3c1ccccc1C2.c1ccc2c(c1)Cc1ccc3c(c1-2)-c1cc2c4c(c1C3)Cc1ccccc1N4c1ccccc1C2. The highest BCUT2D eigenvalue weighted by Crippen LogP contribution is 2.61. The van der Waals surface area contributed by atoms with Gasteiger partial charge in [0, 0.05) is 72.6 Å². The van der Waals surface area contributed by atoms with Crippen LogP contribution in [0, 0.1) is 0 Å². The van der Waals surface area contributed by atoms with Crippen LogP contribution in [0.2, 0.25) is 0 Å². The van der Waals surface area contributed by atoms with E-state index in [1.54, 1.807) is 38.9 Å². The summed E-state index contributed by atoms with van der Waals surface area (Å²) in [6.07, 6.45) is 12.4. The van der Waals surface area contributed by atoms with Gasteiger partial charge in [-0.25, -0.2) is 0 Å². The van der Waals surface area contributed by atoms with Gasteiger partial charge in [0.25, 0.3) is 0 Å². The minimum Gasteiger partial charge on any atom is -0.309 e. The smallest absolute Gasteiger partial charge is 0.0535 e. The van der Waals surface area contributed by atoms with Crippen molar-refractivity contribution in [3.8, 4) is 66.8 Å². The molecule has 0 amide bonds. The molecule has 3 heteroatoms. The summed E-state index contributed by atoms with van der Waals surface area (Å²) >= 11 is 0. The molecule has 15 aromatic rings. The van der Waals surface area contributed by atoms with Crippen molar-refractivity contribution in [2.45, 2.75) is 285 Å². The van der Waals surface area contributed by atoms with E-state index in [0.717, 1.165) is 77.0 Å². The number of para-hydroxylation sites is 6. The molecule has 0 radical (unpaired) electrons. The third-order valence-corrected chi connectivity index (χ3v) is 26.2. The van der Waals surface area contributed by atoms with E-state index in [-0.39, 0.29) is 0 Å². The number of anilines is 9. The van der Waals surface area contributed by atoms with Crippen LogP contribution in [0.4, 0.5) is 51.2 Å². The zero-order valence-corrected chi connectivity index (χ0v) is 88.3. The number of hydrogen-bond acceptors (Lipinski definition) is 3. The standard InChI is InChI=1S/3C34H23N.15C2H6/c1-4-10-26-20(7-1)13-23-16-28-24(17-27(23)26)18-30-29(28)19-25-14-21-8-2-5-11-32(21)35-33-12-6-3-9-22(33)15-31(30)34(25)35;1-4-10-25-20(7-1)16-28-26(25)14-13-23-18-27-29(33(23)28)19-24-15-21-8-2-5-11-31(21)35-32-12-6-3-9-22(32)17-30(27)34(24)35;1-4-10-26-20(7-1)15-23-13-14-24-18-27-28(33(24)32(23)26)19-25-16-21-8-2-5-11-30(21)35-31-12-6-3-9-22(31)17-29(27)34(25)35;15*1-2/h1-12,16-17,19H,13-15,18H2;2*1-14,19H,15-18H2;15*1-2H3. The van der Waals surface area contributed by atoms with Crippen molar-refractivity contribution in [3.05, 3.63) is 407 Å². The van der Waals surface area contributed by atoms with E-state index in [9.17, 15) is 0 Å². The molecule has 135 heavy (non-hydrogen) atoms. The second kappa shape index (κ2) is 49.8. The van der Waals surface area contributed by atoms with Gasteiger partial charge in [-0.15, -0.1) is 0 Å². The molecule has 27 rings (SSSR count). The van der Waals surface area contributed by atoms with Crippen LogP contribution in [0.1, 0.15) is 341 Å². The summed E-state index contributed by atoms with van der Waals surface area (Å²) in [6, 6.07) is 103. The van der Waals surface area contributed by atoms with Crippen LogP contribution in [-0.2, 0) is 77.0 Å². The highest BCUT2D eigenvalue weighted by Gasteiger charge is 2.42. The fourth-order valence-electron chi connectivity index (χ4n) is 21.8. The van der Waals surface area contributed by atoms with Crippen molar-refractivity contribution in [2.75, 3.05) is 14.7 Å². The summed E-state index contributed by atoms with van der Waals surface area (Å²) in [5, 5.41) is 0. The van der Waals surface area contributed by atoms with Crippen LogP contribution in [0.15, 0.2) is 273 Å². The minimum atomic E-state index is 1.01. The zero-order valence-electron chi connectivity index (χ0n) is 88.3. The summed E-state index contributed by atoms with van der Waals surface area (Å²) < 4.78 is 0. The fraction of sp³-hybridized carbons (Fsp3) is 0.318. The van der Waals surface area contributed by atoms with Crippen molar-refractivity contribution in [1.82, 2.24) is 0 Å². The molecule has 0 unspecified atom stereocenters. The molecule has 702 valence electrons. The molecule has 6 aliphatic carbocycles. The van der Waals surface area contributed by atoms with E-state index in [1.807, 2.05) is 208 Å². The maximum atomic E-state index is 2.56. The molecule has 3 nitrogen and oxygen atoms in total. The average Bonchev–Trinajstić information content (AvgIpc) is 1.60. The predicted octanol–water partition coefficient (Wildman–Crippen LogP) is 39.7. The summed E-state index contributed by atoms with van der Waals surface area (Å²) in [5.41, 5.74) is 65.8. The van der Waals surface area contributed by atoms with E-state index >= 15 is 0 Å². The van der Waals surface area contributed by atoms with Gasteiger partial charge in [0.15, 0.2) is 0 Å². The second-order valence-corrected chi connectivity index (χ2v) is 31.5. The van der Waals surface area contributed by atoms with Gasteiger partial charge in [-0.1, -0.05) is 414 Å². The second-order valence-electron chi connectivity index (χ2n) is 31.5. The topological polar surface area (TPSA) is 9.72 Å². The minimum absolute atomic E-state index is 1.01. The van der Waals surface area contributed by atoms with Crippen LogP contribution in [0.5, 0.6) is 0 Å². The van der Waals surface area contributed by atoms with Gasteiger partial charge in [-0.05, 0) is 306 Å². The molecule has 0 N–H and O–H groups in total. The molecule has 15 aromatic carbocycles. The highest BCUT2D eigenvalue weighted by atomic mass is 15.2. The number of rotatable bonds is 0. The van der Waals surface area contributed by atoms with Gasteiger partial charge < -0.3 is 14.7 Å². The van der Waals surface area contributed by atoms with Crippen molar-refractivity contribution in [2.24, 2.45) is 0 Å². The normalized spacial score (nSPS) is 12.3. The van der Waals surface area contributed by atoms with Gasteiger partial charge in [0.2, 0.25) is 0 Å². The Morgan fingerprint density at radius 1 is 0.126 bits per heavy atom. The highest BCUT2D eigenvalue weighted by molar-refractivity contribution is 6.02. The molecule has 0 saturated heterocycles. The Kier molecular flexibility index (Phi) is 38.6. The number of hydrogen-bond donors (Lipinski definition) is 0. The lowest BCUT2D eigenvalue weighted by Crippen LogP contribution is -2.25. The van der Waals surface area contributed by atoms with Crippen molar-refractivity contribution in [3.63, 3.8) is 0 Å². The number of fused-ring (bicyclic) bond motifs is 35. The Morgan fingerprint density at radius 2 is 0.333 bits per heavy atom. The van der Waals surface area contributed by atoms with Gasteiger partial charge in [0.05, 0.1) is 17.1 Å². The molecule has 12 aliphatic rings. The van der Waals surface area contributed by atoms with Crippen LogP contribution < -0.4 is 14.7 Å². The van der Waals surface area contributed by atoms with Crippen molar-refractivity contribution < 1.29 is 0 Å². The Bertz CT molecular complexity index is 6480. The molecular formula is C132H159N3. The lowest BCUT2D eigenvalue weighted by Gasteiger charge is -2.40. The van der Waals surface area contributed by atoms with Gasteiger partial charge >= 0.3 is 0 Å². The van der Waals surface area contributed by atoms with Crippen LogP contribution in [0.25, 0.3) is 66.8 Å². The maximum Gasteiger partial charge on any atom is 0.0535 e. The summed E-state index contributed by atoms with van der Waals surface area (Å²) in [7, 11) is 0. The predicted molar refractivity (Wildman–Crippen MR) is 600 cm³/mol. The van der Waals surface area contributed by atoms with E-state index in [1.165, 1.54) is 213 Å². The zero-order chi connectivity index (χ0) is 98.0. The molecule has 6 aliphatic heterocycles. The molecule has 0 fully saturated rings. The molecule has 0 saturated carbocycles. The molecular weight excluding hydrogens is 1630 g/mol. The third-order valence-electron chi connectivity index (χ3n) is 26.2. The molecule has 0 aromatic heterocycles. The van der Waals surface area contributed by atoms with Crippen LogP contribution >= 0.6 is 0 Å². The molecule has 0 atom stereocenters. The molecule has 6 heterocycles. The number of nitrogens with zero attached hydrogens (tertiary/aromatic N) is 3. The first kappa shape index (κ1) is 105. The largest absolute Gasteiger partial charge is 0.309 e. The first-order valence-corrected chi connectivity index (χ1v) is 53.2. The first-order chi connectivity index (χ1) is 67.0. The Balaban J connectivity index is 0.000000184. The third kappa shape index (κ3) is 18.8. The Labute approximate surface area is 818 Å². The number of benzene rings is 15. The fourth-order valence-corrected chi connectivity index (χ4v) is 21.8. The molecule has 0 bridgehead atoms. The quantitative estimate of drug-likeness (QED) is 0.150. The summed E-state index contributed by atoms with van der Waals surface area (Å²) in [6.45, 7) is 60.0. The monoisotopic (exact) mass is 1790 g/mol. The lowest BCUT2D eigenvalue weighted by molar-refractivity contribution is 0.994. The van der Waals surface area contributed by atoms with Crippen LogP contribution in [-0.4, -0.2) is 0 Å². The van der Waals surface area contributed by atoms with E-state index < -0.39 is 0 Å².